The third kappa shape index (κ3) is 4.34. The number of carbonyl (C=O) groups is 1. The first-order chi connectivity index (χ1) is 10.8. The number of nitro benzene ring substituents is 1. The summed E-state index contributed by atoms with van der Waals surface area (Å²) in [6, 6.07) is 10.8. The van der Waals surface area contributed by atoms with E-state index in [-0.39, 0.29) is 28.3 Å². The fourth-order valence-electron chi connectivity index (χ4n) is 1.89. The van der Waals surface area contributed by atoms with Gasteiger partial charge in [-0.25, -0.2) is 13.6 Å². The maximum absolute atomic E-state index is 11.9. The van der Waals surface area contributed by atoms with Gasteiger partial charge in [-0.15, -0.1) is 0 Å². The molecule has 0 saturated heterocycles. The SMILES string of the molecule is NS(=O)(=O)c1ccccc1CC(=O)Oc1ccc([N+](=O)[O-])cc1. The molecule has 120 valence electrons. The molecule has 2 N–H and O–H groups in total. The van der Waals surface area contributed by atoms with Crippen LogP contribution in [-0.4, -0.2) is 19.3 Å². The number of primary sulfonamides is 1. The lowest BCUT2D eigenvalue weighted by atomic mass is 10.1. The van der Waals surface area contributed by atoms with Crippen molar-refractivity contribution in [3.05, 3.63) is 64.2 Å². The summed E-state index contributed by atoms with van der Waals surface area (Å²) in [7, 11) is -3.95. The van der Waals surface area contributed by atoms with Gasteiger partial charge in [0.1, 0.15) is 5.75 Å². The van der Waals surface area contributed by atoms with Crippen molar-refractivity contribution in [1.82, 2.24) is 0 Å². The van der Waals surface area contributed by atoms with Crippen LogP contribution >= 0.6 is 0 Å². The van der Waals surface area contributed by atoms with Crippen LogP contribution in [0.15, 0.2) is 53.4 Å². The highest BCUT2D eigenvalue weighted by Crippen LogP contribution is 2.19. The molecule has 0 bridgehead atoms. The molecule has 0 fully saturated rings. The zero-order valence-electron chi connectivity index (χ0n) is 11.7. The van der Waals surface area contributed by atoms with Crippen molar-refractivity contribution < 1.29 is 22.9 Å². The number of sulfonamides is 1. The quantitative estimate of drug-likeness (QED) is 0.380. The number of carbonyl (C=O) groups excluding carboxylic acids is 1. The highest BCUT2D eigenvalue weighted by molar-refractivity contribution is 7.89. The van der Waals surface area contributed by atoms with Crippen LogP contribution in [-0.2, 0) is 21.2 Å². The molecule has 2 aromatic carbocycles. The van der Waals surface area contributed by atoms with Gasteiger partial charge in [0.2, 0.25) is 10.0 Å². The molecule has 0 aliphatic heterocycles. The highest BCUT2D eigenvalue weighted by Gasteiger charge is 2.17. The molecule has 8 nitrogen and oxygen atoms in total. The van der Waals surface area contributed by atoms with Gasteiger partial charge in [0.15, 0.2) is 0 Å². The van der Waals surface area contributed by atoms with E-state index in [1.54, 1.807) is 6.07 Å². The minimum atomic E-state index is -3.95. The molecule has 2 rings (SSSR count). The summed E-state index contributed by atoms with van der Waals surface area (Å²) in [5.41, 5.74) is 0.0753. The Labute approximate surface area is 131 Å². The maximum Gasteiger partial charge on any atom is 0.315 e. The van der Waals surface area contributed by atoms with Crippen LogP contribution in [0.2, 0.25) is 0 Å². The predicted molar refractivity (Wildman–Crippen MR) is 80.3 cm³/mol. The summed E-state index contributed by atoms with van der Waals surface area (Å²) < 4.78 is 27.9. The molecule has 0 aliphatic carbocycles. The van der Waals surface area contributed by atoms with Crippen LogP contribution in [0.1, 0.15) is 5.56 Å². The van der Waals surface area contributed by atoms with E-state index in [0.717, 1.165) is 0 Å². The monoisotopic (exact) mass is 336 g/mol. The zero-order chi connectivity index (χ0) is 17.0. The van der Waals surface area contributed by atoms with E-state index in [1.807, 2.05) is 0 Å². The Morgan fingerprint density at radius 2 is 1.74 bits per heavy atom. The number of rotatable bonds is 5. The molecule has 0 atom stereocenters. The first kappa shape index (κ1) is 16.6. The molecule has 9 heteroatoms. The third-order valence-electron chi connectivity index (χ3n) is 2.89. The number of nitrogens with zero attached hydrogens (tertiary/aromatic N) is 1. The largest absolute Gasteiger partial charge is 0.426 e. The maximum atomic E-state index is 11.9. The number of nitro groups is 1. The van der Waals surface area contributed by atoms with Gasteiger partial charge in [0, 0.05) is 12.1 Å². The van der Waals surface area contributed by atoms with Crippen molar-refractivity contribution in [2.45, 2.75) is 11.3 Å². The lowest BCUT2D eigenvalue weighted by molar-refractivity contribution is -0.384. The smallest absolute Gasteiger partial charge is 0.315 e. The minimum Gasteiger partial charge on any atom is -0.426 e. The van der Waals surface area contributed by atoms with Crippen molar-refractivity contribution in [3.63, 3.8) is 0 Å². The van der Waals surface area contributed by atoms with Gasteiger partial charge in [0.05, 0.1) is 16.2 Å². The predicted octanol–water partition coefficient (Wildman–Crippen LogP) is 1.39. The Kier molecular flexibility index (Phi) is 4.72. The fourth-order valence-corrected chi connectivity index (χ4v) is 2.66. The summed E-state index contributed by atoms with van der Waals surface area (Å²) in [5, 5.41) is 15.6. The van der Waals surface area contributed by atoms with Gasteiger partial charge in [0.25, 0.3) is 5.69 Å². The summed E-state index contributed by atoms with van der Waals surface area (Å²) in [5.74, 6) is -0.594. The normalized spacial score (nSPS) is 11.0. The zero-order valence-corrected chi connectivity index (χ0v) is 12.5. The van der Waals surface area contributed by atoms with Gasteiger partial charge in [-0.3, -0.25) is 14.9 Å². The van der Waals surface area contributed by atoms with E-state index in [0.29, 0.717) is 0 Å². The van der Waals surface area contributed by atoms with E-state index in [2.05, 4.69) is 0 Å². The number of non-ortho nitro benzene ring substituents is 1. The van der Waals surface area contributed by atoms with Gasteiger partial charge >= 0.3 is 5.97 Å². The van der Waals surface area contributed by atoms with Gasteiger partial charge < -0.3 is 4.74 Å². The van der Waals surface area contributed by atoms with E-state index >= 15 is 0 Å². The summed E-state index contributed by atoms with van der Waals surface area (Å²) >= 11 is 0. The molecule has 0 aliphatic rings. The number of benzene rings is 2. The Bertz CT molecular complexity index is 846. The number of hydrogen-bond acceptors (Lipinski definition) is 6. The van der Waals surface area contributed by atoms with Crippen LogP contribution in [0.25, 0.3) is 0 Å². The van der Waals surface area contributed by atoms with Gasteiger partial charge in [-0.2, -0.15) is 0 Å². The Morgan fingerprint density at radius 1 is 1.13 bits per heavy atom. The Balaban J connectivity index is 2.13. The topological polar surface area (TPSA) is 130 Å². The Morgan fingerprint density at radius 3 is 2.30 bits per heavy atom. The molecule has 23 heavy (non-hydrogen) atoms. The summed E-state index contributed by atoms with van der Waals surface area (Å²) in [4.78, 5) is 21.7. The molecular weight excluding hydrogens is 324 g/mol. The van der Waals surface area contributed by atoms with Crippen molar-refractivity contribution >= 4 is 21.7 Å². The van der Waals surface area contributed by atoms with Crippen LogP contribution in [0.4, 0.5) is 5.69 Å². The number of ether oxygens (including phenoxy) is 1. The second-order valence-electron chi connectivity index (χ2n) is 4.55. The van der Waals surface area contributed by atoms with E-state index in [9.17, 15) is 23.3 Å². The highest BCUT2D eigenvalue weighted by atomic mass is 32.2. The lowest BCUT2D eigenvalue weighted by Crippen LogP contribution is -2.18. The molecule has 2 aromatic rings. The molecule has 0 saturated carbocycles. The van der Waals surface area contributed by atoms with Crippen molar-refractivity contribution in [1.29, 1.82) is 0 Å². The number of esters is 1. The van der Waals surface area contributed by atoms with Crippen LogP contribution in [0.5, 0.6) is 5.75 Å². The second kappa shape index (κ2) is 6.55. The molecule has 0 unspecified atom stereocenters. The van der Waals surface area contributed by atoms with Crippen molar-refractivity contribution in [2.75, 3.05) is 0 Å². The van der Waals surface area contributed by atoms with E-state index in [1.165, 1.54) is 42.5 Å². The fraction of sp³-hybridized carbons (Fsp3) is 0.0714. The van der Waals surface area contributed by atoms with Gasteiger partial charge in [-0.1, -0.05) is 18.2 Å². The van der Waals surface area contributed by atoms with Gasteiger partial charge in [-0.05, 0) is 23.8 Å². The molecule has 0 amide bonds. The first-order valence-corrected chi connectivity index (χ1v) is 7.88. The molecule has 0 aromatic heterocycles. The van der Waals surface area contributed by atoms with Crippen LogP contribution in [0, 0.1) is 10.1 Å². The number of nitrogens with two attached hydrogens (primary N) is 1. The van der Waals surface area contributed by atoms with Crippen LogP contribution in [0.3, 0.4) is 0 Å². The van der Waals surface area contributed by atoms with E-state index < -0.39 is 20.9 Å². The van der Waals surface area contributed by atoms with Crippen LogP contribution < -0.4 is 9.88 Å². The summed E-state index contributed by atoms with van der Waals surface area (Å²) in [6.45, 7) is 0. The average Bonchev–Trinajstić information content (AvgIpc) is 2.47. The third-order valence-corrected chi connectivity index (χ3v) is 3.90. The molecule has 0 radical (unpaired) electrons. The standard InChI is InChI=1S/C14H12N2O6S/c15-23(20,21)13-4-2-1-3-10(13)9-14(17)22-12-7-5-11(6-8-12)16(18)19/h1-8H,9H2,(H2,15,20,21). The average molecular weight is 336 g/mol. The van der Waals surface area contributed by atoms with Crippen molar-refractivity contribution in [3.8, 4) is 5.75 Å². The first-order valence-electron chi connectivity index (χ1n) is 6.33. The minimum absolute atomic E-state index is 0.119. The molecule has 0 spiro atoms. The second-order valence-corrected chi connectivity index (χ2v) is 6.08. The van der Waals surface area contributed by atoms with E-state index in [4.69, 9.17) is 9.88 Å². The number of hydrogen-bond donors (Lipinski definition) is 1. The molecular formula is C14H12N2O6S. The van der Waals surface area contributed by atoms with Crippen molar-refractivity contribution in [2.24, 2.45) is 5.14 Å². The summed E-state index contributed by atoms with van der Waals surface area (Å²) in [6.07, 6.45) is -0.302. The Hall–Kier alpha value is -2.78. The molecule has 0 heterocycles. The lowest BCUT2D eigenvalue weighted by Gasteiger charge is -2.07.